The van der Waals surface area contributed by atoms with Crippen LogP contribution in [0.1, 0.15) is 52.4 Å². The van der Waals surface area contributed by atoms with E-state index in [1.165, 1.54) is 64.7 Å². The van der Waals surface area contributed by atoms with Crippen LogP contribution in [0.2, 0.25) is 0 Å². The molecule has 15 heavy (non-hydrogen) atoms. The van der Waals surface area contributed by atoms with E-state index in [-0.39, 0.29) is 0 Å². The first-order valence-electron chi connectivity index (χ1n) is 6.82. The summed E-state index contributed by atoms with van der Waals surface area (Å²) >= 11 is 0. The summed E-state index contributed by atoms with van der Waals surface area (Å²) in [7, 11) is 0. The first-order valence-corrected chi connectivity index (χ1v) is 6.82. The molecule has 0 aromatic carbocycles. The van der Waals surface area contributed by atoms with Crippen molar-refractivity contribution >= 4 is 0 Å². The third-order valence-corrected chi connectivity index (χ3v) is 3.28. The van der Waals surface area contributed by atoms with Crippen molar-refractivity contribution in [1.29, 1.82) is 0 Å². The van der Waals surface area contributed by atoms with Crippen molar-refractivity contribution in [2.24, 2.45) is 0 Å². The van der Waals surface area contributed by atoms with Gasteiger partial charge in [0.15, 0.2) is 0 Å². The fourth-order valence-electron chi connectivity index (χ4n) is 2.41. The summed E-state index contributed by atoms with van der Waals surface area (Å²) in [5, 5.41) is 3.66. The molecule has 2 heteroatoms. The molecule has 90 valence electrons. The lowest BCUT2D eigenvalue weighted by Gasteiger charge is -2.24. The maximum Gasteiger partial charge on any atom is 0.0194 e. The van der Waals surface area contributed by atoms with Crippen molar-refractivity contribution in [3.63, 3.8) is 0 Å². The molecule has 0 radical (unpaired) electrons. The topological polar surface area (TPSA) is 15.3 Å². The Hall–Kier alpha value is -0.0800. The molecule has 1 atom stereocenters. The highest BCUT2D eigenvalue weighted by Crippen LogP contribution is 2.07. The fraction of sp³-hybridized carbons (Fsp3) is 1.00. The Morgan fingerprint density at radius 1 is 1.20 bits per heavy atom. The van der Waals surface area contributed by atoms with Crippen LogP contribution in [0.3, 0.4) is 0 Å². The second kappa shape index (κ2) is 8.12. The van der Waals surface area contributed by atoms with Crippen molar-refractivity contribution in [3.05, 3.63) is 0 Å². The Bertz CT molecular complexity index is 147. The van der Waals surface area contributed by atoms with Gasteiger partial charge >= 0.3 is 0 Å². The molecule has 1 aliphatic heterocycles. The zero-order valence-electron chi connectivity index (χ0n) is 10.6. The average Bonchev–Trinajstić information content (AvgIpc) is 2.45. The quantitative estimate of drug-likeness (QED) is 0.681. The molecule has 0 spiro atoms. The Morgan fingerprint density at radius 3 is 2.80 bits per heavy atom. The number of hydrogen-bond acceptors (Lipinski definition) is 2. The maximum atomic E-state index is 3.66. The lowest BCUT2D eigenvalue weighted by atomic mass is 10.1. The number of nitrogens with one attached hydrogen (secondary N) is 1. The lowest BCUT2D eigenvalue weighted by molar-refractivity contribution is 0.257. The molecule has 0 aliphatic carbocycles. The molecular weight excluding hydrogens is 184 g/mol. The minimum absolute atomic E-state index is 0.749. The van der Waals surface area contributed by atoms with Gasteiger partial charge in [0.2, 0.25) is 0 Å². The Kier molecular flexibility index (Phi) is 7.03. The summed E-state index contributed by atoms with van der Waals surface area (Å²) in [5.74, 6) is 0. The third-order valence-electron chi connectivity index (χ3n) is 3.28. The third kappa shape index (κ3) is 5.53. The summed E-state index contributed by atoms with van der Waals surface area (Å²) in [6.07, 6.45) is 8.08. The van der Waals surface area contributed by atoms with Gasteiger partial charge in [0.1, 0.15) is 0 Å². The number of unbranched alkanes of at least 4 members (excludes halogenated alkanes) is 2. The molecule has 2 nitrogen and oxygen atoms in total. The Morgan fingerprint density at radius 2 is 2.07 bits per heavy atom. The van der Waals surface area contributed by atoms with Gasteiger partial charge in [-0.15, -0.1) is 0 Å². The SMILES string of the molecule is CCCCCN1CCCNC(CCC)C1. The van der Waals surface area contributed by atoms with Crippen molar-refractivity contribution in [2.45, 2.75) is 58.4 Å². The molecule has 1 heterocycles. The normalized spacial score (nSPS) is 24.0. The molecule has 0 amide bonds. The zero-order chi connectivity index (χ0) is 10.9. The predicted octanol–water partition coefficient (Wildman–Crippen LogP) is 2.64. The van der Waals surface area contributed by atoms with Crippen LogP contribution in [0.25, 0.3) is 0 Å². The zero-order valence-corrected chi connectivity index (χ0v) is 10.6. The Labute approximate surface area is 95.4 Å². The second-order valence-electron chi connectivity index (χ2n) is 4.80. The molecule has 1 aliphatic rings. The Balaban J connectivity index is 2.22. The van der Waals surface area contributed by atoms with Gasteiger partial charge in [0.05, 0.1) is 0 Å². The van der Waals surface area contributed by atoms with Gasteiger partial charge in [-0.05, 0) is 38.9 Å². The molecule has 0 aromatic heterocycles. The first-order chi connectivity index (χ1) is 7.36. The minimum atomic E-state index is 0.749. The monoisotopic (exact) mass is 212 g/mol. The molecule has 1 N–H and O–H groups in total. The summed E-state index contributed by atoms with van der Waals surface area (Å²) in [4.78, 5) is 2.66. The summed E-state index contributed by atoms with van der Waals surface area (Å²) < 4.78 is 0. The van der Waals surface area contributed by atoms with E-state index in [2.05, 4.69) is 24.1 Å². The molecule has 0 bridgehead atoms. The largest absolute Gasteiger partial charge is 0.313 e. The van der Waals surface area contributed by atoms with Gasteiger partial charge in [-0.25, -0.2) is 0 Å². The van der Waals surface area contributed by atoms with Crippen LogP contribution in [0.4, 0.5) is 0 Å². The van der Waals surface area contributed by atoms with E-state index in [9.17, 15) is 0 Å². The van der Waals surface area contributed by atoms with E-state index in [4.69, 9.17) is 0 Å². The molecular formula is C13H28N2. The van der Waals surface area contributed by atoms with E-state index in [0.29, 0.717) is 0 Å². The molecule has 0 aromatic rings. The van der Waals surface area contributed by atoms with Crippen LogP contribution in [0.5, 0.6) is 0 Å². The van der Waals surface area contributed by atoms with Gasteiger partial charge in [-0.2, -0.15) is 0 Å². The van der Waals surface area contributed by atoms with Crippen LogP contribution in [-0.2, 0) is 0 Å². The highest BCUT2D eigenvalue weighted by atomic mass is 15.2. The van der Waals surface area contributed by atoms with E-state index in [1.807, 2.05) is 0 Å². The first kappa shape index (κ1) is 13.0. The number of rotatable bonds is 6. The van der Waals surface area contributed by atoms with Crippen molar-refractivity contribution in [3.8, 4) is 0 Å². The van der Waals surface area contributed by atoms with Crippen LogP contribution >= 0.6 is 0 Å². The standard InChI is InChI=1S/C13H28N2/c1-3-5-6-10-15-11-7-9-14-13(12-15)8-4-2/h13-14H,3-12H2,1-2H3. The van der Waals surface area contributed by atoms with Gasteiger partial charge in [0.25, 0.3) is 0 Å². The lowest BCUT2D eigenvalue weighted by Crippen LogP contribution is -2.37. The van der Waals surface area contributed by atoms with Gasteiger partial charge < -0.3 is 10.2 Å². The summed E-state index contributed by atoms with van der Waals surface area (Å²) in [6, 6.07) is 0.749. The van der Waals surface area contributed by atoms with E-state index < -0.39 is 0 Å². The number of nitrogens with zero attached hydrogens (tertiary/aromatic N) is 1. The van der Waals surface area contributed by atoms with Crippen molar-refractivity contribution < 1.29 is 0 Å². The van der Waals surface area contributed by atoms with Crippen LogP contribution < -0.4 is 5.32 Å². The van der Waals surface area contributed by atoms with Gasteiger partial charge in [-0.3, -0.25) is 0 Å². The highest BCUT2D eigenvalue weighted by molar-refractivity contribution is 4.76. The second-order valence-corrected chi connectivity index (χ2v) is 4.80. The summed E-state index contributed by atoms with van der Waals surface area (Å²) in [5.41, 5.74) is 0. The molecule has 1 unspecified atom stereocenters. The predicted molar refractivity (Wildman–Crippen MR) is 67.3 cm³/mol. The van der Waals surface area contributed by atoms with Gasteiger partial charge in [-0.1, -0.05) is 33.1 Å². The van der Waals surface area contributed by atoms with Crippen LogP contribution in [-0.4, -0.2) is 37.1 Å². The molecule has 1 fully saturated rings. The average molecular weight is 212 g/mol. The van der Waals surface area contributed by atoms with Gasteiger partial charge in [0, 0.05) is 12.6 Å². The summed E-state index contributed by atoms with van der Waals surface area (Å²) in [6.45, 7) is 9.68. The van der Waals surface area contributed by atoms with E-state index in [1.54, 1.807) is 0 Å². The van der Waals surface area contributed by atoms with E-state index in [0.717, 1.165) is 6.04 Å². The molecule has 0 saturated carbocycles. The molecule has 1 saturated heterocycles. The van der Waals surface area contributed by atoms with Crippen molar-refractivity contribution in [2.75, 3.05) is 26.2 Å². The highest BCUT2D eigenvalue weighted by Gasteiger charge is 2.15. The van der Waals surface area contributed by atoms with Crippen molar-refractivity contribution in [1.82, 2.24) is 10.2 Å². The minimum Gasteiger partial charge on any atom is -0.313 e. The molecule has 1 rings (SSSR count). The maximum absolute atomic E-state index is 3.66. The fourth-order valence-corrected chi connectivity index (χ4v) is 2.41. The number of hydrogen-bond donors (Lipinski definition) is 1. The van der Waals surface area contributed by atoms with E-state index >= 15 is 0 Å². The van der Waals surface area contributed by atoms with Crippen LogP contribution in [0.15, 0.2) is 0 Å². The smallest absolute Gasteiger partial charge is 0.0194 e. The van der Waals surface area contributed by atoms with Crippen LogP contribution in [0, 0.1) is 0 Å².